The highest BCUT2D eigenvalue weighted by molar-refractivity contribution is 5.83. The van der Waals surface area contributed by atoms with E-state index < -0.39 is 0 Å². The highest BCUT2D eigenvalue weighted by Gasteiger charge is 2.27. The smallest absolute Gasteiger partial charge is 0.123 e. The van der Waals surface area contributed by atoms with Crippen LogP contribution < -0.4 is 5.32 Å². The first-order valence-corrected chi connectivity index (χ1v) is 7.38. The molecule has 0 radical (unpaired) electrons. The minimum absolute atomic E-state index is 0.166. The molecule has 1 aliphatic rings. The van der Waals surface area contributed by atoms with Crippen LogP contribution in [0.4, 0.5) is 4.39 Å². The van der Waals surface area contributed by atoms with Gasteiger partial charge in [0.15, 0.2) is 0 Å². The molecule has 3 rings (SSSR count). The molecule has 1 aromatic carbocycles. The topological polar surface area (TPSA) is 31.1 Å². The Kier molecular flexibility index (Phi) is 3.76. The van der Waals surface area contributed by atoms with Crippen LogP contribution in [-0.4, -0.2) is 36.1 Å². The third-order valence-electron chi connectivity index (χ3n) is 4.17. The molecule has 0 aliphatic carbocycles. The third-order valence-corrected chi connectivity index (χ3v) is 4.17. The first-order valence-electron chi connectivity index (χ1n) is 7.38. The zero-order valence-corrected chi connectivity index (χ0v) is 12.1. The molecule has 0 saturated carbocycles. The van der Waals surface area contributed by atoms with E-state index in [1.165, 1.54) is 11.6 Å². The second-order valence-electron chi connectivity index (χ2n) is 5.91. The lowest BCUT2D eigenvalue weighted by molar-refractivity contribution is 0.138. The molecule has 0 bridgehead atoms. The van der Waals surface area contributed by atoms with Crippen LogP contribution in [0.25, 0.3) is 10.9 Å². The van der Waals surface area contributed by atoms with Crippen molar-refractivity contribution in [1.82, 2.24) is 15.2 Å². The Morgan fingerprint density at radius 3 is 2.65 bits per heavy atom. The summed E-state index contributed by atoms with van der Waals surface area (Å²) in [5.41, 5.74) is 2.23. The van der Waals surface area contributed by atoms with Gasteiger partial charge in [0.25, 0.3) is 0 Å². The van der Waals surface area contributed by atoms with Crippen LogP contribution in [0.3, 0.4) is 0 Å². The maximum atomic E-state index is 13.6. The van der Waals surface area contributed by atoms with Gasteiger partial charge in [0.1, 0.15) is 5.82 Å². The lowest BCUT2D eigenvalue weighted by Gasteiger charge is -2.37. The molecule has 1 saturated heterocycles. The van der Waals surface area contributed by atoms with E-state index in [9.17, 15) is 4.39 Å². The summed E-state index contributed by atoms with van der Waals surface area (Å²) < 4.78 is 13.6. The number of H-pyrrole nitrogens is 1. The third kappa shape index (κ3) is 2.45. The highest BCUT2D eigenvalue weighted by atomic mass is 19.1. The van der Waals surface area contributed by atoms with Gasteiger partial charge in [-0.1, -0.05) is 13.8 Å². The molecule has 0 amide bonds. The molecule has 108 valence electrons. The van der Waals surface area contributed by atoms with Crippen molar-refractivity contribution in [3.8, 4) is 0 Å². The van der Waals surface area contributed by atoms with Gasteiger partial charge in [-0.05, 0) is 29.7 Å². The number of piperazine rings is 1. The Balaban J connectivity index is 2.02. The fourth-order valence-corrected chi connectivity index (χ4v) is 3.30. The average molecular weight is 275 g/mol. The normalized spacial score (nSPS) is 18.8. The molecular formula is C16H22FN3. The minimum Gasteiger partial charge on any atom is -0.361 e. The van der Waals surface area contributed by atoms with E-state index in [1.54, 1.807) is 6.07 Å². The summed E-state index contributed by atoms with van der Waals surface area (Å²) in [5, 5.41) is 4.41. The maximum Gasteiger partial charge on any atom is 0.123 e. The standard InChI is InChI=1S/C16H22FN3/c1-11(2)16(20-7-5-18-6-8-20)14-10-19-15-4-3-12(17)9-13(14)15/h3-4,9-11,16,18-19H,5-8H2,1-2H3. The Morgan fingerprint density at radius 1 is 1.20 bits per heavy atom. The van der Waals surface area contributed by atoms with Crippen molar-refractivity contribution in [2.45, 2.75) is 19.9 Å². The van der Waals surface area contributed by atoms with E-state index in [2.05, 4.69) is 35.2 Å². The van der Waals surface area contributed by atoms with Gasteiger partial charge < -0.3 is 10.3 Å². The minimum atomic E-state index is -0.166. The number of benzene rings is 1. The van der Waals surface area contributed by atoms with Crippen LogP contribution in [0.5, 0.6) is 0 Å². The first kappa shape index (κ1) is 13.6. The molecule has 4 heteroatoms. The zero-order valence-electron chi connectivity index (χ0n) is 12.1. The quantitative estimate of drug-likeness (QED) is 0.902. The molecule has 1 atom stereocenters. The number of rotatable bonds is 3. The van der Waals surface area contributed by atoms with Gasteiger partial charge >= 0.3 is 0 Å². The van der Waals surface area contributed by atoms with Crippen molar-refractivity contribution in [2.24, 2.45) is 5.92 Å². The van der Waals surface area contributed by atoms with Crippen LogP contribution in [0, 0.1) is 11.7 Å². The van der Waals surface area contributed by atoms with Crippen LogP contribution in [0.2, 0.25) is 0 Å². The lowest BCUT2D eigenvalue weighted by Crippen LogP contribution is -2.46. The van der Waals surface area contributed by atoms with E-state index in [4.69, 9.17) is 0 Å². The largest absolute Gasteiger partial charge is 0.361 e. The molecule has 1 aliphatic heterocycles. The number of nitrogens with one attached hydrogen (secondary N) is 2. The second-order valence-corrected chi connectivity index (χ2v) is 5.91. The van der Waals surface area contributed by atoms with Crippen molar-refractivity contribution in [3.63, 3.8) is 0 Å². The van der Waals surface area contributed by atoms with Gasteiger partial charge in [-0.15, -0.1) is 0 Å². The van der Waals surface area contributed by atoms with Crippen molar-refractivity contribution < 1.29 is 4.39 Å². The predicted molar refractivity (Wildman–Crippen MR) is 80.3 cm³/mol. The van der Waals surface area contributed by atoms with Crippen molar-refractivity contribution in [1.29, 1.82) is 0 Å². The summed E-state index contributed by atoms with van der Waals surface area (Å²) in [4.78, 5) is 5.79. The Morgan fingerprint density at radius 2 is 1.95 bits per heavy atom. The number of hydrogen-bond acceptors (Lipinski definition) is 2. The SMILES string of the molecule is CC(C)C(c1c[nH]c2ccc(F)cc12)N1CCNCC1. The fourth-order valence-electron chi connectivity index (χ4n) is 3.30. The van der Waals surface area contributed by atoms with E-state index in [0.29, 0.717) is 12.0 Å². The molecule has 1 fully saturated rings. The summed E-state index contributed by atoms with van der Waals surface area (Å²) in [5.74, 6) is 0.330. The van der Waals surface area contributed by atoms with Gasteiger partial charge in [-0.2, -0.15) is 0 Å². The number of nitrogens with zero attached hydrogens (tertiary/aromatic N) is 1. The monoisotopic (exact) mass is 275 g/mol. The van der Waals surface area contributed by atoms with Gasteiger partial charge in [0.05, 0.1) is 0 Å². The lowest BCUT2D eigenvalue weighted by atomic mass is 9.93. The summed E-state index contributed by atoms with van der Waals surface area (Å²) in [6.45, 7) is 8.63. The van der Waals surface area contributed by atoms with Gasteiger partial charge in [-0.25, -0.2) is 4.39 Å². The molecular weight excluding hydrogens is 253 g/mol. The molecule has 2 heterocycles. The molecule has 20 heavy (non-hydrogen) atoms. The summed E-state index contributed by atoms with van der Waals surface area (Å²) in [7, 11) is 0. The Hall–Kier alpha value is -1.39. The molecule has 2 N–H and O–H groups in total. The predicted octanol–water partition coefficient (Wildman–Crippen LogP) is 2.91. The zero-order chi connectivity index (χ0) is 14.1. The summed E-state index contributed by atoms with van der Waals surface area (Å²) in [6, 6.07) is 5.33. The number of aromatic nitrogens is 1. The van der Waals surface area contributed by atoms with Crippen molar-refractivity contribution in [2.75, 3.05) is 26.2 Å². The Bertz CT molecular complexity index is 584. The molecule has 1 aromatic heterocycles. The van der Waals surface area contributed by atoms with Crippen molar-refractivity contribution >= 4 is 10.9 Å². The number of hydrogen-bond donors (Lipinski definition) is 2. The van der Waals surface area contributed by atoms with Crippen LogP contribution >= 0.6 is 0 Å². The highest BCUT2D eigenvalue weighted by Crippen LogP contribution is 2.34. The van der Waals surface area contributed by atoms with Crippen molar-refractivity contribution in [3.05, 3.63) is 35.8 Å². The van der Waals surface area contributed by atoms with Gasteiger partial charge in [-0.3, -0.25) is 4.90 Å². The van der Waals surface area contributed by atoms with E-state index in [0.717, 1.165) is 37.1 Å². The number of halogens is 1. The Labute approximate surface area is 119 Å². The van der Waals surface area contributed by atoms with E-state index in [-0.39, 0.29) is 5.82 Å². The van der Waals surface area contributed by atoms with Gasteiger partial charge in [0.2, 0.25) is 0 Å². The maximum absolute atomic E-state index is 13.6. The van der Waals surface area contributed by atoms with Gasteiger partial charge in [0, 0.05) is 49.3 Å². The van der Waals surface area contributed by atoms with Crippen LogP contribution in [-0.2, 0) is 0 Å². The number of aromatic amines is 1. The molecule has 2 aromatic rings. The number of fused-ring (bicyclic) bond motifs is 1. The summed E-state index contributed by atoms with van der Waals surface area (Å²) >= 11 is 0. The van der Waals surface area contributed by atoms with E-state index in [1.807, 2.05) is 6.07 Å². The van der Waals surface area contributed by atoms with E-state index >= 15 is 0 Å². The molecule has 3 nitrogen and oxygen atoms in total. The first-order chi connectivity index (χ1) is 9.66. The average Bonchev–Trinajstić information content (AvgIpc) is 2.83. The fraction of sp³-hybridized carbons (Fsp3) is 0.500. The van der Waals surface area contributed by atoms with Crippen LogP contribution in [0.1, 0.15) is 25.5 Å². The second kappa shape index (κ2) is 5.54. The molecule has 0 spiro atoms. The van der Waals surface area contributed by atoms with Crippen LogP contribution in [0.15, 0.2) is 24.4 Å². The molecule has 1 unspecified atom stereocenters. The summed E-state index contributed by atoms with van der Waals surface area (Å²) in [6.07, 6.45) is 2.05.